The van der Waals surface area contributed by atoms with Crippen molar-refractivity contribution in [3.05, 3.63) is 0 Å². The summed E-state index contributed by atoms with van der Waals surface area (Å²) in [4.78, 5) is 24.6. The van der Waals surface area contributed by atoms with Crippen LogP contribution < -0.4 is 10.9 Å². The van der Waals surface area contributed by atoms with E-state index in [1.165, 1.54) is 19.3 Å². The second-order valence-corrected chi connectivity index (χ2v) is 7.64. The number of ether oxygens (including phenoxy) is 1. The lowest BCUT2D eigenvalue weighted by molar-refractivity contribution is -0.150. The molecule has 5 aliphatic rings. The van der Waals surface area contributed by atoms with Crippen LogP contribution in [0.15, 0.2) is 0 Å². The zero-order valence-corrected chi connectivity index (χ0v) is 12.4. The number of hydrogen-bond donors (Lipinski definition) is 2. The molecule has 116 valence electrons. The van der Waals surface area contributed by atoms with Crippen molar-refractivity contribution in [2.45, 2.75) is 57.5 Å². The van der Waals surface area contributed by atoms with Crippen molar-refractivity contribution in [2.24, 2.45) is 23.2 Å². The smallest absolute Gasteiger partial charge is 0.267 e. The summed E-state index contributed by atoms with van der Waals surface area (Å²) in [5.41, 5.74) is 5.07. The van der Waals surface area contributed by atoms with Gasteiger partial charge in [-0.3, -0.25) is 20.4 Å². The van der Waals surface area contributed by atoms with Crippen LogP contribution in [-0.4, -0.2) is 24.5 Å². The molecule has 1 atom stereocenters. The zero-order chi connectivity index (χ0) is 14.4. The third kappa shape index (κ3) is 2.35. The van der Waals surface area contributed by atoms with Gasteiger partial charge in [-0.1, -0.05) is 0 Å². The van der Waals surface area contributed by atoms with Crippen molar-refractivity contribution in [2.75, 3.05) is 6.61 Å². The number of hydrogen-bond acceptors (Lipinski definition) is 3. The third-order valence-electron chi connectivity index (χ3n) is 6.04. The Morgan fingerprint density at radius 2 is 1.57 bits per heavy atom. The molecular weight excluding hydrogens is 268 g/mol. The maximum absolute atomic E-state index is 12.6. The molecule has 2 amide bonds. The highest BCUT2D eigenvalue weighted by Crippen LogP contribution is 2.59. The summed E-state index contributed by atoms with van der Waals surface area (Å²) in [6.07, 6.45) is 8.27. The summed E-state index contributed by atoms with van der Waals surface area (Å²) in [5.74, 6) is 2.03. The van der Waals surface area contributed by atoms with Gasteiger partial charge in [0.1, 0.15) is 6.10 Å². The average Bonchev–Trinajstić information content (AvgIpc) is 2.97. The maximum atomic E-state index is 12.6. The number of rotatable bonds is 2. The second-order valence-electron chi connectivity index (χ2n) is 7.64. The summed E-state index contributed by atoms with van der Waals surface area (Å²) < 4.78 is 5.33. The first kappa shape index (κ1) is 13.6. The summed E-state index contributed by atoms with van der Waals surface area (Å²) in [5, 5.41) is 0. The van der Waals surface area contributed by atoms with Crippen LogP contribution in [0.2, 0.25) is 0 Å². The van der Waals surface area contributed by atoms with E-state index in [-0.39, 0.29) is 23.3 Å². The number of nitrogens with one attached hydrogen (secondary N) is 2. The van der Waals surface area contributed by atoms with Gasteiger partial charge in [0.05, 0.1) is 5.41 Å². The first-order valence-electron chi connectivity index (χ1n) is 8.36. The van der Waals surface area contributed by atoms with E-state index in [1.807, 2.05) is 0 Å². The number of hydrazine groups is 1. The highest BCUT2D eigenvalue weighted by molar-refractivity contribution is 5.87. The molecule has 4 bridgehead atoms. The van der Waals surface area contributed by atoms with E-state index in [0.29, 0.717) is 6.61 Å². The minimum absolute atomic E-state index is 0.0351. The van der Waals surface area contributed by atoms with Gasteiger partial charge in [0, 0.05) is 6.61 Å². The molecule has 4 aliphatic carbocycles. The standard InChI is InChI=1S/C16H24N2O3/c19-14(13-2-1-3-21-13)17-18-15(20)16-7-10-4-11(8-16)6-12(5-10)9-16/h10-13H,1-9H2,(H,17,19)(H,18,20). The lowest BCUT2D eigenvalue weighted by Gasteiger charge is -2.55. The number of amides is 2. The lowest BCUT2D eigenvalue weighted by Crippen LogP contribution is -2.57. The van der Waals surface area contributed by atoms with Crippen LogP contribution in [0.3, 0.4) is 0 Å². The van der Waals surface area contributed by atoms with E-state index in [4.69, 9.17) is 4.74 Å². The Balaban J connectivity index is 1.37. The molecule has 0 aromatic rings. The molecule has 0 spiro atoms. The molecule has 4 saturated carbocycles. The van der Waals surface area contributed by atoms with Crippen LogP contribution >= 0.6 is 0 Å². The number of carbonyl (C=O) groups excluding carboxylic acids is 2. The molecule has 1 saturated heterocycles. The highest BCUT2D eigenvalue weighted by Gasteiger charge is 2.54. The molecule has 21 heavy (non-hydrogen) atoms. The molecule has 1 aliphatic heterocycles. The summed E-state index contributed by atoms with van der Waals surface area (Å²) >= 11 is 0. The molecule has 0 radical (unpaired) electrons. The van der Waals surface area contributed by atoms with Gasteiger partial charge in [0.2, 0.25) is 5.91 Å². The van der Waals surface area contributed by atoms with Crippen LogP contribution in [0, 0.1) is 23.2 Å². The third-order valence-corrected chi connectivity index (χ3v) is 6.04. The lowest BCUT2D eigenvalue weighted by atomic mass is 9.49. The molecular formula is C16H24N2O3. The highest BCUT2D eigenvalue weighted by atomic mass is 16.5. The van der Waals surface area contributed by atoms with E-state index < -0.39 is 0 Å². The fourth-order valence-electron chi connectivity index (χ4n) is 5.50. The van der Waals surface area contributed by atoms with E-state index in [0.717, 1.165) is 49.9 Å². The maximum Gasteiger partial charge on any atom is 0.267 e. The van der Waals surface area contributed by atoms with Crippen molar-refractivity contribution in [3.8, 4) is 0 Å². The van der Waals surface area contributed by atoms with Crippen LogP contribution in [0.4, 0.5) is 0 Å². The van der Waals surface area contributed by atoms with Crippen LogP contribution in [-0.2, 0) is 14.3 Å². The zero-order valence-electron chi connectivity index (χ0n) is 12.4. The SMILES string of the molecule is O=C(NNC(=O)C12CC3CC(CC(C3)C1)C2)C1CCCO1. The predicted molar refractivity (Wildman–Crippen MR) is 75.9 cm³/mol. The Hall–Kier alpha value is -1.10. The number of carbonyl (C=O) groups is 2. The van der Waals surface area contributed by atoms with Gasteiger partial charge < -0.3 is 4.74 Å². The monoisotopic (exact) mass is 292 g/mol. The topological polar surface area (TPSA) is 67.4 Å². The predicted octanol–water partition coefficient (Wildman–Crippen LogP) is 1.53. The van der Waals surface area contributed by atoms with Gasteiger partial charge in [0.15, 0.2) is 0 Å². The van der Waals surface area contributed by atoms with Crippen molar-refractivity contribution < 1.29 is 14.3 Å². The van der Waals surface area contributed by atoms with E-state index in [2.05, 4.69) is 10.9 Å². The Bertz CT molecular complexity index is 421. The van der Waals surface area contributed by atoms with Gasteiger partial charge in [-0.25, -0.2) is 0 Å². The quantitative estimate of drug-likeness (QED) is 0.758. The molecule has 1 unspecified atom stereocenters. The molecule has 0 aromatic carbocycles. The largest absolute Gasteiger partial charge is 0.368 e. The summed E-state index contributed by atoms with van der Waals surface area (Å²) in [7, 11) is 0. The van der Waals surface area contributed by atoms with Crippen molar-refractivity contribution in [3.63, 3.8) is 0 Å². The van der Waals surface area contributed by atoms with Crippen molar-refractivity contribution in [1.29, 1.82) is 0 Å². The van der Waals surface area contributed by atoms with Crippen LogP contribution in [0.25, 0.3) is 0 Å². The van der Waals surface area contributed by atoms with Gasteiger partial charge in [-0.2, -0.15) is 0 Å². The molecule has 5 fully saturated rings. The molecule has 5 rings (SSSR count). The minimum Gasteiger partial charge on any atom is -0.368 e. The fourth-order valence-corrected chi connectivity index (χ4v) is 5.50. The average molecular weight is 292 g/mol. The summed E-state index contributed by atoms with van der Waals surface area (Å²) in [6, 6.07) is 0. The minimum atomic E-state index is -0.387. The van der Waals surface area contributed by atoms with E-state index >= 15 is 0 Å². The van der Waals surface area contributed by atoms with Crippen LogP contribution in [0.1, 0.15) is 51.4 Å². The summed E-state index contributed by atoms with van der Waals surface area (Å²) in [6.45, 7) is 0.640. The first-order valence-corrected chi connectivity index (χ1v) is 8.36. The second kappa shape index (κ2) is 4.97. The van der Waals surface area contributed by atoms with E-state index in [1.54, 1.807) is 0 Å². The Morgan fingerprint density at radius 1 is 0.952 bits per heavy atom. The molecule has 5 heteroatoms. The first-order chi connectivity index (χ1) is 10.1. The Kier molecular flexibility index (Phi) is 3.21. The van der Waals surface area contributed by atoms with Gasteiger partial charge in [-0.05, 0) is 69.1 Å². The molecule has 1 heterocycles. The van der Waals surface area contributed by atoms with Gasteiger partial charge >= 0.3 is 0 Å². The van der Waals surface area contributed by atoms with Gasteiger partial charge in [-0.15, -0.1) is 0 Å². The van der Waals surface area contributed by atoms with Crippen molar-refractivity contribution >= 4 is 11.8 Å². The normalized spacial score (nSPS) is 43.8. The Morgan fingerprint density at radius 3 is 2.10 bits per heavy atom. The molecule has 5 nitrogen and oxygen atoms in total. The van der Waals surface area contributed by atoms with Crippen molar-refractivity contribution in [1.82, 2.24) is 10.9 Å². The van der Waals surface area contributed by atoms with Crippen LogP contribution in [0.5, 0.6) is 0 Å². The fraction of sp³-hybridized carbons (Fsp3) is 0.875. The van der Waals surface area contributed by atoms with E-state index in [9.17, 15) is 9.59 Å². The van der Waals surface area contributed by atoms with Gasteiger partial charge in [0.25, 0.3) is 5.91 Å². The Labute approximate surface area is 125 Å². The molecule has 0 aromatic heterocycles. The molecule has 2 N–H and O–H groups in total.